The first-order valence-electron chi connectivity index (χ1n) is 17.6. The van der Waals surface area contributed by atoms with Gasteiger partial charge in [-0.3, -0.25) is 14.9 Å². The highest BCUT2D eigenvalue weighted by Crippen LogP contribution is 2.39. The van der Waals surface area contributed by atoms with Gasteiger partial charge in [-0.1, -0.05) is 43.5 Å². The Morgan fingerprint density at radius 1 is 0.877 bits per heavy atom. The summed E-state index contributed by atoms with van der Waals surface area (Å²) in [5.74, 6) is -2.60. The molecule has 5 rings (SSSR count). The number of para-hydroxylation sites is 1. The number of imide groups is 1. The zero-order valence-electron chi connectivity index (χ0n) is 31.6. The van der Waals surface area contributed by atoms with Crippen molar-refractivity contribution in [1.82, 2.24) is 19.7 Å². The predicted octanol–water partition coefficient (Wildman–Crippen LogP) is 4.76. The molecular formula is C36H42ClFN6O12S. The number of anilines is 2. The molecule has 18 nitrogen and oxygen atoms in total. The van der Waals surface area contributed by atoms with Crippen LogP contribution in [0.3, 0.4) is 0 Å². The largest absolute Gasteiger partial charge is 0.490 e. The first kappa shape index (κ1) is 44.1. The van der Waals surface area contributed by atoms with E-state index in [-0.39, 0.29) is 58.3 Å². The third kappa shape index (κ3) is 11.9. The minimum atomic E-state index is -4.24. The summed E-state index contributed by atoms with van der Waals surface area (Å²) < 4.78 is 71.9. The lowest BCUT2D eigenvalue weighted by molar-refractivity contribution is -0.146. The molecule has 0 radical (unpaired) electrons. The van der Waals surface area contributed by atoms with Crippen molar-refractivity contribution in [2.45, 2.75) is 56.8 Å². The number of amides is 4. The first-order chi connectivity index (χ1) is 27.3. The van der Waals surface area contributed by atoms with E-state index in [4.69, 9.17) is 40.0 Å². The SMILES string of the molecule is CCCCCOC(=O)COc1cc(N2C(=O)C3=C(CCCC3)C2=O)c(F)cc1Cl.COCCOc1ccccc1S(=O)(=O)NC(=O)Nc1nc(OC)nc(OC)n1. The number of halogens is 2. The summed E-state index contributed by atoms with van der Waals surface area (Å²) >= 11 is 6.02. The molecule has 1 aliphatic heterocycles. The normalized spacial score (nSPS) is 13.6. The molecule has 2 aliphatic rings. The van der Waals surface area contributed by atoms with Gasteiger partial charge in [-0.2, -0.15) is 9.97 Å². The first-order valence-corrected chi connectivity index (χ1v) is 19.5. The Kier molecular flexibility index (Phi) is 16.3. The van der Waals surface area contributed by atoms with Crippen molar-refractivity contribution in [1.29, 1.82) is 0 Å². The number of hydrogen-bond acceptors (Lipinski definition) is 15. The fourth-order valence-corrected chi connectivity index (χ4v) is 6.64. The lowest BCUT2D eigenvalue weighted by Crippen LogP contribution is -2.35. The summed E-state index contributed by atoms with van der Waals surface area (Å²) in [6, 6.07) is 6.66. The number of carbonyl (C=O) groups excluding carboxylic acids is 4. The van der Waals surface area contributed by atoms with Gasteiger partial charge >= 0.3 is 24.0 Å². The van der Waals surface area contributed by atoms with Crippen molar-refractivity contribution in [3.63, 3.8) is 0 Å². The number of urea groups is 1. The molecule has 0 saturated heterocycles. The molecule has 0 fully saturated rings. The van der Waals surface area contributed by atoms with Crippen LogP contribution in [0.1, 0.15) is 51.9 Å². The molecule has 1 aromatic heterocycles. The van der Waals surface area contributed by atoms with Crippen LogP contribution in [0.15, 0.2) is 52.4 Å². The second-order valence-electron chi connectivity index (χ2n) is 12.0. The summed E-state index contributed by atoms with van der Waals surface area (Å²) in [5.41, 5.74) is 0.674. The maximum Gasteiger partial charge on any atom is 0.344 e. The molecule has 0 bridgehead atoms. The van der Waals surface area contributed by atoms with Crippen LogP contribution >= 0.6 is 11.6 Å². The number of nitrogens with zero attached hydrogens (tertiary/aromatic N) is 4. The van der Waals surface area contributed by atoms with Crippen LogP contribution < -0.4 is 33.9 Å². The second kappa shape index (κ2) is 21.1. The number of esters is 1. The summed E-state index contributed by atoms with van der Waals surface area (Å²) in [6.45, 7) is 2.34. The summed E-state index contributed by atoms with van der Waals surface area (Å²) in [6.07, 6.45) is 5.40. The molecule has 1 aliphatic carbocycles. The van der Waals surface area contributed by atoms with Gasteiger partial charge in [-0.25, -0.2) is 32.0 Å². The Morgan fingerprint density at radius 2 is 1.53 bits per heavy atom. The third-order valence-corrected chi connectivity index (χ3v) is 9.75. The lowest BCUT2D eigenvalue weighted by atomic mass is 9.93. The average molecular weight is 837 g/mol. The van der Waals surface area contributed by atoms with Gasteiger partial charge in [-0.15, -0.1) is 4.98 Å². The Labute approximate surface area is 333 Å². The van der Waals surface area contributed by atoms with Crippen LogP contribution in [0.2, 0.25) is 5.02 Å². The van der Waals surface area contributed by atoms with Gasteiger partial charge in [0.05, 0.1) is 38.1 Å². The number of carbonyl (C=O) groups is 4. The van der Waals surface area contributed by atoms with Crippen LogP contribution in [-0.4, -0.2) is 94.9 Å². The average Bonchev–Trinajstić information content (AvgIpc) is 3.44. The van der Waals surface area contributed by atoms with Crippen LogP contribution in [0.25, 0.3) is 0 Å². The highest BCUT2D eigenvalue weighted by molar-refractivity contribution is 7.90. The number of methoxy groups -OCH3 is 3. The van der Waals surface area contributed by atoms with Gasteiger partial charge < -0.3 is 28.4 Å². The molecular weight excluding hydrogens is 795 g/mol. The van der Waals surface area contributed by atoms with Crippen molar-refractivity contribution in [3.05, 3.63) is 58.4 Å². The maximum absolute atomic E-state index is 14.5. The number of nitrogens with one attached hydrogen (secondary N) is 2. The van der Waals surface area contributed by atoms with Crippen molar-refractivity contribution >= 4 is 57.1 Å². The Hall–Kier alpha value is -5.60. The molecule has 0 unspecified atom stereocenters. The minimum absolute atomic E-state index is 0.000883. The topological polar surface area (TPSA) is 224 Å². The van der Waals surface area contributed by atoms with Gasteiger partial charge in [0, 0.05) is 24.3 Å². The third-order valence-electron chi connectivity index (χ3n) is 8.08. The Morgan fingerprint density at radius 3 is 2.14 bits per heavy atom. The van der Waals surface area contributed by atoms with Gasteiger partial charge in [0.1, 0.15) is 28.8 Å². The summed E-state index contributed by atoms with van der Waals surface area (Å²) in [4.78, 5) is 61.2. The van der Waals surface area contributed by atoms with Crippen LogP contribution in [-0.2, 0) is 33.9 Å². The quantitative estimate of drug-likeness (QED) is 0.106. The lowest BCUT2D eigenvalue weighted by Gasteiger charge is -2.18. The van der Waals surface area contributed by atoms with E-state index >= 15 is 0 Å². The van der Waals surface area contributed by atoms with E-state index in [9.17, 15) is 32.0 Å². The number of rotatable bonds is 17. The van der Waals surface area contributed by atoms with E-state index in [1.54, 1.807) is 6.07 Å². The molecule has 57 heavy (non-hydrogen) atoms. The predicted molar refractivity (Wildman–Crippen MR) is 201 cm³/mol. The van der Waals surface area contributed by atoms with Gasteiger partial charge in [0.15, 0.2) is 6.61 Å². The van der Waals surface area contributed by atoms with E-state index in [1.807, 2.05) is 11.6 Å². The van der Waals surface area contributed by atoms with E-state index < -0.39 is 46.3 Å². The molecule has 308 valence electrons. The molecule has 3 aromatic rings. The number of benzene rings is 2. The fraction of sp³-hybridized carbons (Fsp3) is 0.417. The summed E-state index contributed by atoms with van der Waals surface area (Å²) in [5, 5.41) is 2.11. The van der Waals surface area contributed by atoms with Crippen LogP contribution in [0.5, 0.6) is 23.5 Å². The van der Waals surface area contributed by atoms with E-state index in [2.05, 4.69) is 20.3 Å². The van der Waals surface area contributed by atoms with Crippen LogP contribution in [0, 0.1) is 5.82 Å². The van der Waals surface area contributed by atoms with Crippen molar-refractivity contribution in [2.75, 3.05) is 58.0 Å². The highest BCUT2D eigenvalue weighted by Gasteiger charge is 2.41. The monoisotopic (exact) mass is 836 g/mol. The number of unbranched alkanes of at least 4 members (excludes halogenated alkanes) is 2. The number of ether oxygens (including phenoxy) is 6. The van der Waals surface area contributed by atoms with Crippen molar-refractivity contribution in [2.24, 2.45) is 0 Å². The van der Waals surface area contributed by atoms with Crippen molar-refractivity contribution in [3.8, 4) is 23.5 Å². The molecule has 0 saturated carbocycles. The number of aromatic nitrogens is 3. The van der Waals surface area contributed by atoms with Gasteiger partial charge in [-0.05, 0) is 50.3 Å². The Balaban J connectivity index is 0.000000253. The molecule has 21 heteroatoms. The van der Waals surface area contributed by atoms with Crippen LogP contribution in [0.4, 0.5) is 20.8 Å². The standard InChI is InChI=1S/C21H23ClFNO5.C15H19N5O7S/c1-2-3-6-9-28-19(25)12-29-18-11-17(16(23)10-15(18)22)24-20(26)13-7-4-5-8-14(13)21(24)27;1-24-8-9-27-10-6-4-5-7-11(10)28(22,23)20-13(21)16-12-17-14(25-2)19-15(18-12)26-3/h10-11H,2-9,12H2,1H3;4-7H,8-9H2,1-3H3,(H2,16,17,18,19,20,21). The second-order valence-corrected chi connectivity index (χ2v) is 14.1. The zero-order chi connectivity index (χ0) is 41.5. The zero-order valence-corrected chi connectivity index (χ0v) is 33.2. The number of hydrogen-bond donors (Lipinski definition) is 2. The Bertz CT molecular complexity index is 2040. The maximum atomic E-state index is 14.5. The highest BCUT2D eigenvalue weighted by atomic mass is 35.5. The molecule has 2 aromatic carbocycles. The summed E-state index contributed by atoms with van der Waals surface area (Å²) in [7, 11) is -0.133. The van der Waals surface area contributed by atoms with Crippen molar-refractivity contribution < 1.29 is 60.4 Å². The van der Waals surface area contributed by atoms with E-state index in [1.165, 1.54) is 45.6 Å². The number of sulfonamides is 1. The van der Waals surface area contributed by atoms with Gasteiger partial charge in [0.25, 0.3) is 21.8 Å². The fourth-order valence-electron chi connectivity index (χ4n) is 5.38. The molecule has 2 N–H and O–H groups in total. The molecule has 4 amide bonds. The smallest absolute Gasteiger partial charge is 0.344 e. The molecule has 2 heterocycles. The van der Waals surface area contributed by atoms with Gasteiger partial charge in [0.2, 0.25) is 5.95 Å². The van der Waals surface area contributed by atoms with E-state index in [0.29, 0.717) is 30.6 Å². The molecule has 0 spiro atoms. The minimum Gasteiger partial charge on any atom is -0.490 e. The molecule has 0 atom stereocenters. The van der Waals surface area contributed by atoms with E-state index in [0.717, 1.165) is 43.1 Å².